The van der Waals surface area contributed by atoms with Crippen molar-refractivity contribution >= 4 is 23.4 Å². The molecule has 0 bridgehead atoms. The number of amides is 2. The molecule has 2 amide bonds. The van der Waals surface area contributed by atoms with Crippen LogP contribution < -0.4 is 10.6 Å². The Morgan fingerprint density at radius 1 is 1.23 bits per heavy atom. The van der Waals surface area contributed by atoms with Crippen LogP contribution in [0.25, 0.3) is 0 Å². The summed E-state index contributed by atoms with van der Waals surface area (Å²) < 4.78 is 5.20. The Kier molecular flexibility index (Phi) is 7.28. The van der Waals surface area contributed by atoms with Crippen LogP contribution in [0.1, 0.15) is 63.2 Å². The molecule has 9 heteroatoms. The fourth-order valence-corrected chi connectivity index (χ4v) is 3.19. The van der Waals surface area contributed by atoms with Crippen LogP contribution in [0.5, 0.6) is 0 Å². The van der Waals surface area contributed by atoms with E-state index in [2.05, 4.69) is 10.6 Å². The maximum absolute atomic E-state index is 12.5. The standard InChI is InChI=1S/C21H32N4O5/c1-20(2,3)30-19(27)22-14-7-6-11-21(12-13-21)23-17-15(18(26)24(4)5)9-8-10-16(17)25(28)29/h8-10,23H,6-7,11-14H2,1-5H3,(H,22,27). The Morgan fingerprint density at radius 2 is 1.90 bits per heavy atom. The molecule has 0 saturated heterocycles. The Labute approximate surface area is 177 Å². The predicted octanol–water partition coefficient (Wildman–Crippen LogP) is 3.94. The second kappa shape index (κ2) is 9.32. The van der Waals surface area contributed by atoms with Gasteiger partial charge >= 0.3 is 6.09 Å². The lowest BCUT2D eigenvalue weighted by atomic mass is 10.0. The van der Waals surface area contributed by atoms with E-state index in [4.69, 9.17) is 4.74 Å². The number of unbranched alkanes of at least 4 members (excludes halogenated alkanes) is 1. The maximum Gasteiger partial charge on any atom is 0.407 e. The van der Waals surface area contributed by atoms with E-state index in [1.165, 1.54) is 17.0 Å². The van der Waals surface area contributed by atoms with E-state index in [9.17, 15) is 19.7 Å². The molecule has 1 aliphatic carbocycles. The van der Waals surface area contributed by atoms with Crippen molar-refractivity contribution in [1.29, 1.82) is 0 Å². The number of nitrogens with zero attached hydrogens (tertiary/aromatic N) is 2. The average Bonchev–Trinajstić information content (AvgIpc) is 3.38. The average molecular weight is 421 g/mol. The molecular weight excluding hydrogens is 388 g/mol. The van der Waals surface area contributed by atoms with E-state index in [1.54, 1.807) is 20.2 Å². The number of nitrogens with one attached hydrogen (secondary N) is 2. The van der Waals surface area contributed by atoms with Gasteiger partial charge in [0.1, 0.15) is 11.3 Å². The first-order valence-corrected chi connectivity index (χ1v) is 10.2. The Bertz CT molecular complexity index is 797. The van der Waals surface area contributed by atoms with E-state index in [0.29, 0.717) is 12.1 Å². The van der Waals surface area contributed by atoms with Gasteiger partial charge in [0, 0.05) is 32.2 Å². The van der Waals surface area contributed by atoms with Crippen molar-refractivity contribution < 1.29 is 19.2 Å². The lowest BCUT2D eigenvalue weighted by Crippen LogP contribution is -2.33. The molecule has 30 heavy (non-hydrogen) atoms. The third-order valence-corrected chi connectivity index (χ3v) is 4.87. The quantitative estimate of drug-likeness (QED) is 0.355. The smallest absolute Gasteiger partial charge is 0.407 e. The van der Waals surface area contributed by atoms with Crippen LogP contribution >= 0.6 is 0 Å². The predicted molar refractivity (Wildman–Crippen MR) is 115 cm³/mol. The summed E-state index contributed by atoms with van der Waals surface area (Å²) in [6.07, 6.45) is 3.73. The number of para-hydroxylation sites is 1. The fourth-order valence-electron chi connectivity index (χ4n) is 3.19. The molecule has 0 spiro atoms. The molecule has 9 nitrogen and oxygen atoms in total. The molecule has 0 aromatic heterocycles. The van der Waals surface area contributed by atoms with Crippen molar-refractivity contribution in [1.82, 2.24) is 10.2 Å². The summed E-state index contributed by atoms with van der Waals surface area (Å²) in [5.74, 6) is -0.279. The zero-order chi connectivity index (χ0) is 22.5. The summed E-state index contributed by atoms with van der Waals surface area (Å²) >= 11 is 0. The number of hydrogen-bond acceptors (Lipinski definition) is 6. The van der Waals surface area contributed by atoms with Gasteiger partial charge in [-0.05, 0) is 58.9 Å². The summed E-state index contributed by atoms with van der Waals surface area (Å²) in [4.78, 5) is 36.7. The number of hydrogen-bond donors (Lipinski definition) is 2. The lowest BCUT2D eigenvalue weighted by Gasteiger charge is -2.22. The summed E-state index contributed by atoms with van der Waals surface area (Å²) in [6, 6.07) is 4.55. The van der Waals surface area contributed by atoms with E-state index >= 15 is 0 Å². The largest absolute Gasteiger partial charge is 0.444 e. The van der Waals surface area contributed by atoms with Crippen LogP contribution in [0.2, 0.25) is 0 Å². The Balaban J connectivity index is 1.97. The molecule has 0 radical (unpaired) electrons. The summed E-state index contributed by atoms with van der Waals surface area (Å²) in [5, 5.41) is 17.6. The number of alkyl carbamates (subject to hydrolysis) is 1. The lowest BCUT2D eigenvalue weighted by molar-refractivity contribution is -0.384. The number of rotatable bonds is 9. The molecule has 1 saturated carbocycles. The monoisotopic (exact) mass is 420 g/mol. The molecular formula is C21H32N4O5. The van der Waals surface area contributed by atoms with Crippen molar-refractivity contribution in [3.05, 3.63) is 33.9 Å². The molecule has 1 aromatic rings. The Morgan fingerprint density at radius 3 is 2.43 bits per heavy atom. The van der Waals surface area contributed by atoms with Crippen molar-refractivity contribution in [3.63, 3.8) is 0 Å². The van der Waals surface area contributed by atoms with Crippen LogP contribution in [0.4, 0.5) is 16.2 Å². The minimum Gasteiger partial charge on any atom is -0.444 e. The highest BCUT2D eigenvalue weighted by Gasteiger charge is 2.43. The topological polar surface area (TPSA) is 114 Å². The zero-order valence-electron chi connectivity index (χ0n) is 18.4. The number of carbonyl (C=O) groups excluding carboxylic acids is 2. The third-order valence-electron chi connectivity index (χ3n) is 4.87. The second-order valence-electron chi connectivity index (χ2n) is 8.95. The van der Waals surface area contributed by atoms with Gasteiger partial charge < -0.3 is 20.3 Å². The van der Waals surface area contributed by atoms with Crippen LogP contribution in [-0.2, 0) is 4.74 Å². The first kappa shape index (κ1) is 23.4. The second-order valence-corrected chi connectivity index (χ2v) is 8.95. The highest BCUT2D eigenvalue weighted by Crippen LogP contribution is 2.45. The highest BCUT2D eigenvalue weighted by molar-refractivity contribution is 6.01. The summed E-state index contributed by atoms with van der Waals surface area (Å²) in [5.41, 5.74) is -0.296. The molecule has 166 valence electrons. The van der Waals surface area contributed by atoms with E-state index in [0.717, 1.165) is 32.1 Å². The van der Waals surface area contributed by atoms with Gasteiger partial charge in [0.2, 0.25) is 0 Å². The van der Waals surface area contributed by atoms with E-state index < -0.39 is 16.6 Å². The maximum atomic E-state index is 12.5. The van der Waals surface area contributed by atoms with E-state index in [-0.39, 0.29) is 22.8 Å². The van der Waals surface area contributed by atoms with Gasteiger partial charge in [-0.25, -0.2) is 4.79 Å². The molecule has 1 aliphatic rings. The van der Waals surface area contributed by atoms with Crippen molar-refractivity contribution in [2.75, 3.05) is 26.0 Å². The number of benzene rings is 1. The molecule has 1 fully saturated rings. The van der Waals surface area contributed by atoms with Gasteiger partial charge in [-0.15, -0.1) is 0 Å². The normalized spacial score (nSPS) is 14.6. The van der Waals surface area contributed by atoms with Gasteiger partial charge in [-0.2, -0.15) is 0 Å². The molecule has 1 aromatic carbocycles. The summed E-state index contributed by atoms with van der Waals surface area (Å²) in [6.45, 7) is 5.94. The zero-order valence-corrected chi connectivity index (χ0v) is 18.4. The minimum absolute atomic E-state index is 0.0967. The number of nitro groups is 1. The molecule has 2 N–H and O–H groups in total. The van der Waals surface area contributed by atoms with Crippen LogP contribution in [-0.4, -0.2) is 53.6 Å². The molecule has 2 rings (SSSR count). The molecule has 0 atom stereocenters. The highest BCUT2D eigenvalue weighted by atomic mass is 16.6. The van der Waals surface area contributed by atoms with Crippen LogP contribution in [0.3, 0.4) is 0 Å². The first-order valence-electron chi connectivity index (χ1n) is 10.2. The first-order chi connectivity index (χ1) is 13.9. The van der Waals surface area contributed by atoms with Gasteiger partial charge in [-0.1, -0.05) is 6.07 Å². The van der Waals surface area contributed by atoms with Crippen molar-refractivity contribution in [2.45, 2.75) is 64.0 Å². The van der Waals surface area contributed by atoms with E-state index in [1.807, 2.05) is 20.8 Å². The van der Waals surface area contributed by atoms with Gasteiger partial charge in [-0.3, -0.25) is 14.9 Å². The summed E-state index contributed by atoms with van der Waals surface area (Å²) in [7, 11) is 3.24. The molecule has 0 heterocycles. The fraction of sp³-hybridized carbons (Fsp3) is 0.619. The minimum atomic E-state index is -0.530. The number of ether oxygens (including phenoxy) is 1. The van der Waals surface area contributed by atoms with Gasteiger partial charge in [0.25, 0.3) is 11.6 Å². The number of anilines is 1. The van der Waals surface area contributed by atoms with Gasteiger partial charge in [0.05, 0.1) is 10.5 Å². The Hall–Kier alpha value is -2.84. The van der Waals surface area contributed by atoms with Gasteiger partial charge in [0.15, 0.2) is 0 Å². The number of nitro benzene ring substituents is 1. The molecule has 0 unspecified atom stereocenters. The van der Waals surface area contributed by atoms with Crippen LogP contribution in [0.15, 0.2) is 18.2 Å². The number of carbonyl (C=O) groups is 2. The van der Waals surface area contributed by atoms with Crippen LogP contribution in [0, 0.1) is 10.1 Å². The van der Waals surface area contributed by atoms with Crippen molar-refractivity contribution in [2.24, 2.45) is 0 Å². The third kappa shape index (κ3) is 6.60. The SMILES string of the molecule is CN(C)C(=O)c1cccc([N+](=O)[O-])c1NC1(CCCCNC(=O)OC(C)(C)C)CC1. The molecule has 0 aliphatic heterocycles. The van der Waals surface area contributed by atoms with Crippen molar-refractivity contribution in [3.8, 4) is 0 Å².